The number of aliphatic hydroxyl groups is 1. The number of aliphatic hydroxyl groups excluding tert-OH is 1. The second kappa shape index (κ2) is 3.97. The normalized spacial score (nSPS) is 14.9. The predicted octanol–water partition coefficient (Wildman–Crippen LogP) is 2.57. The summed E-state index contributed by atoms with van der Waals surface area (Å²) in [5.74, 6) is 0. The molecule has 1 N–H and O–H groups in total. The van der Waals surface area contributed by atoms with Crippen molar-refractivity contribution in [2.75, 3.05) is 6.61 Å². The molecule has 0 heterocycles. The highest BCUT2D eigenvalue weighted by molar-refractivity contribution is 5.65. The van der Waals surface area contributed by atoms with Crippen LogP contribution in [0.4, 0.5) is 0 Å². The zero-order valence-electron chi connectivity index (χ0n) is 8.42. The summed E-state index contributed by atoms with van der Waals surface area (Å²) >= 11 is 0. The van der Waals surface area contributed by atoms with Gasteiger partial charge in [-0.3, -0.25) is 0 Å². The van der Waals surface area contributed by atoms with Crippen LogP contribution in [0, 0.1) is 0 Å². The van der Waals surface area contributed by atoms with Crippen molar-refractivity contribution in [1.29, 1.82) is 0 Å². The van der Waals surface area contributed by atoms with Crippen molar-refractivity contribution >= 4 is 5.57 Å². The van der Waals surface area contributed by atoms with Crippen LogP contribution in [0.15, 0.2) is 24.8 Å². The number of benzene rings is 1. The molecular weight excluding hydrogens is 172 g/mol. The van der Waals surface area contributed by atoms with Gasteiger partial charge in [-0.2, -0.15) is 0 Å². The van der Waals surface area contributed by atoms with E-state index in [1.165, 1.54) is 36.8 Å². The number of hydrogen-bond acceptors (Lipinski definition) is 1. The van der Waals surface area contributed by atoms with Gasteiger partial charge >= 0.3 is 0 Å². The van der Waals surface area contributed by atoms with Gasteiger partial charge in [0.25, 0.3) is 0 Å². The van der Waals surface area contributed by atoms with Gasteiger partial charge in [-0.15, -0.1) is 0 Å². The van der Waals surface area contributed by atoms with Gasteiger partial charge in [0.15, 0.2) is 0 Å². The van der Waals surface area contributed by atoms with Crippen LogP contribution in [-0.2, 0) is 12.8 Å². The van der Waals surface area contributed by atoms with E-state index in [1.807, 2.05) is 0 Å². The molecule has 74 valence electrons. The molecule has 1 heteroatoms. The van der Waals surface area contributed by atoms with E-state index in [0.29, 0.717) is 0 Å². The van der Waals surface area contributed by atoms with E-state index in [9.17, 15) is 0 Å². The summed E-state index contributed by atoms with van der Waals surface area (Å²) in [6.45, 7) is 3.90. The lowest BCUT2D eigenvalue weighted by Crippen LogP contribution is -2.03. The first-order valence-electron chi connectivity index (χ1n) is 5.22. The fourth-order valence-electron chi connectivity index (χ4n) is 2.04. The third-order valence-corrected chi connectivity index (χ3v) is 2.95. The summed E-state index contributed by atoms with van der Waals surface area (Å²) in [5.41, 5.74) is 4.83. The van der Waals surface area contributed by atoms with Crippen molar-refractivity contribution in [3.8, 4) is 0 Å². The molecular formula is C13H16O. The Morgan fingerprint density at radius 3 is 2.64 bits per heavy atom. The van der Waals surface area contributed by atoms with Gasteiger partial charge in [0, 0.05) is 0 Å². The van der Waals surface area contributed by atoms with E-state index in [-0.39, 0.29) is 6.61 Å². The first-order chi connectivity index (χ1) is 6.81. The Bertz CT molecular complexity index is 352. The largest absolute Gasteiger partial charge is 0.392 e. The second-order valence-corrected chi connectivity index (χ2v) is 3.95. The van der Waals surface area contributed by atoms with Crippen molar-refractivity contribution in [3.63, 3.8) is 0 Å². The standard InChI is InChI=1S/C13H16O/c1-10(9-14)12-7-6-11-4-2-3-5-13(11)8-12/h6-8,14H,1-5,9H2. The Hall–Kier alpha value is -1.08. The zero-order valence-corrected chi connectivity index (χ0v) is 8.42. The highest BCUT2D eigenvalue weighted by Crippen LogP contribution is 2.24. The van der Waals surface area contributed by atoms with Crippen LogP contribution in [0.1, 0.15) is 29.5 Å². The lowest BCUT2D eigenvalue weighted by Gasteiger charge is -2.16. The fraction of sp³-hybridized carbons (Fsp3) is 0.385. The maximum Gasteiger partial charge on any atom is 0.0681 e. The minimum absolute atomic E-state index is 0.0544. The molecule has 14 heavy (non-hydrogen) atoms. The molecule has 2 rings (SSSR count). The van der Waals surface area contributed by atoms with Crippen LogP contribution >= 0.6 is 0 Å². The Labute approximate surface area is 85.1 Å². The molecule has 0 radical (unpaired) electrons. The lowest BCUT2D eigenvalue weighted by molar-refractivity contribution is 0.350. The molecule has 1 aromatic rings. The van der Waals surface area contributed by atoms with E-state index in [2.05, 4.69) is 24.8 Å². The smallest absolute Gasteiger partial charge is 0.0681 e. The molecule has 0 unspecified atom stereocenters. The molecule has 1 aliphatic rings. The maximum atomic E-state index is 8.99. The zero-order chi connectivity index (χ0) is 9.97. The average molecular weight is 188 g/mol. The molecule has 1 aliphatic carbocycles. The van der Waals surface area contributed by atoms with E-state index < -0.39 is 0 Å². The van der Waals surface area contributed by atoms with Crippen LogP contribution in [0.2, 0.25) is 0 Å². The third-order valence-electron chi connectivity index (χ3n) is 2.95. The van der Waals surface area contributed by atoms with E-state index in [1.54, 1.807) is 0 Å². The Kier molecular flexibility index (Phi) is 2.69. The molecule has 0 saturated carbocycles. The summed E-state index contributed by atoms with van der Waals surface area (Å²) in [6, 6.07) is 6.44. The predicted molar refractivity (Wildman–Crippen MR) is 59.2 cm³/mol. The molecule has 0 atom stereocenters. The number of aryl methyl sites for hydroxylation is 2. The quantitative estimate of drug-likeness (QED) is 0.756. The summed E-state index contributed by atoms with van der Waals surface area (Å²) in [7, 11) is 0. The van der Waals surface area contributed by atoms with Crippen LogP contribution in [0.25, 0.3) is 5.57 Å². The summed E-state index contributed by atoms with van der Waals surface area (Å²) in [5, 5.41) is 8.99. The number of fused-ring (bicyclic) bond motifs is 1. The van der Waals surface area contributed by atoms with Gasteiger partial charge in [0.1, 0.15) is 0 Å². The van der Waals surface area contributed by atoms with Crippen molar-refractivity contribution in [3.05, 3.63) is 41.5 Å². The summed E-state index contributed by atoms with van der Waals surface area (Å²) in [6.07, 6.45) is 5.00. The van der Waals surface area contributed by atoms with Crippen molar-refractivity contribution in [1.82, 2.24) is 0 Å². The number of hydrogen-bond donors (Lipinski definition) is 1. The van der Waals surface area contributed by atoms with Gasteiger partial charge < -0.3 is 5.11 Å². The monoisotopic (exact) mass is 188 g/mol. The molecule has 0 spiro atoms. The second-order valence-electron chi connectivity index (χ2n) is 3.95. The fourth-order valence-corrected chi connectivity index (χ4v) is 2.04. The molecule has 1 nitrogen and oxygen atoms in total. The molecule has 0 amide bonds. The van der Waals surface area contributed by atoms with Gasteiger partial charge in [0.2, 0.25) is 0 Å². The molecule has 0 aliphatic heterocycles. The Morgan fingerprint density at radius 2 is 1.93 bits per heavy atom. The van der Waals surface area contributed by atoms with E-state index >= 15 is 0 Å². The minimum atomic E-state index is 0.0544. The Balaban J connectivity index is 2.33. The molecule has 1 aromatic carbocycles. The van der Waals surface area contributed by atoms with Gasteiger partial charge in [0.05, 0.1) is 6.61 Å². The van der Waals surface area contributed by atoms with Crippen LogP contribution in [0.5, 0.6) is 0 Å². The minimum Gasteiger partial charge on any atom is -0.392 e. The molecule has 0 fully saturated rings. The van der Waals surface area contributed by atoms with Gasteiger partial charge in [-0.1, -0.05) is 24.8 Å². The average Bonchev–Trinajstić information content (AvgIpc) is 2.27. The highest BCUT2D eigenvalue weighted by atomic mass is 16.3. The van der Waals surface area contributed by atoms with Crippen molar-refractivity contribution < 1.29 is 5.11 Å². The maximum absolute atomic E-state index is 8.99. The topological polar surface area (TPSA) is 20.2 Å². The summed E-state index contributed by atoms with van der Waals surface area (Å²) in [4.78, 5) is 0. The molecule has 0 aromatic heterocycles. The summed E-state index contributed by atoms with van der Waals surface area (Å²) < 4.78 is 0. The lowest BCUT2D eigenvalue weighted by atomic mass is 9.89. The van der Waals surface area contributed by atoms with Crippen molar-refractivity contribution in [2.45, 2.75) is 25.7 Å². The van der Waals surface area contributed by atoms with E-state index in [4.69, 9.17) is 5.11 Å². The van der Waals surface area contributed by atoms with Crippen LogP contribution in [0.3, 0.4) is 0 Å². The third kappa shape index (κ3) is 1.73. The number of rotatable bonds is 2. The van der Waals surface area contributed by atoms with Crippen LogP contribution in [-0.4, -0.2) is 11.7 Å². The van der Waals surface area contributed by atoms with E-state index in [0.717, 1.165) is 11.1 Å². The molecule has 0 saturated heterocycles. The van der Waals surface area contributed by atoms with Crippen molar-refractivity contribution in [2.24, 2.45) is 0 Å². The Morgan fingerprint density at radius 1 is 1.21 bits per heavy atom. The SMILES string of the molecule is C=C(CO)c1ccc2c(c1)CCCC2. The van der Waals surface area contributed by atoms with Gasteiger partial charge in [-0.05, 0) is 47.9 Å². The molecule has 0 bridgehead atoms. The first kappa shape index (κ1) is 9.47. The highest BCUT2D eigenvalue weighted by Gasteiger charge is 2.09. The van der Waals surface area contributed by atoms with Crippen LogP contribution < -0.4 is 0 Å². The van der Waals surface area contributed by atoms with Gasteiger partial charge in [-0.25, -0.2) is 0 Å². The first-order valence-corrected chi connectivity index (χ1v) is 5.22.